The van der Waals surface area contributed by atoms with E-state index >= 15 is 0 Å². The van der Waals surface area contributed by atoms with Crippen molar-refractivity contribution in [3.8, 4) is 22.4 Å². The Balaban J connectivity index is 1.41. The molecule has 0 aliphatic rings. The van der Waals surface area contributed by atoms with Crippen molar-refractivity contribution in [1.29, 1.82) is 0 Å². The van der Waals surface area contributed by atoms with Gasteiger partial charge in [-0.25, -0.2) is 0 Å². The van der Waals surface area contributed by atoms with Crippen LogP contribution in [0, 0.1) is 5.41 Å². The van der Waals surface area contributed by atoms with Crippen molar-refractivity contribution in [1.82, 2.24) is 4.98 Å². The molecule has 5 heteroatoms. The Hall–Kier alpha value is -4.12. The number of hydrogen-bond acceptors (Lipinski definition) is 2. The van der Waals surface area contributed by atoms with Crippen molar-refractivity contribution in [3.63, 3.8) is 0 Å². The summed E-state index contributed by atoms with van der Waals surface area (Å²) in [6.07, 6.45) is -5.62. The van der Waals surface area contributed by atoms with Crippen LogP contribution in [0.4, 0.5) is 13.2 Å². The molecule has 0 aliphatic carbocycles. The van der Waals surface area contributed by atoms with Gasteiger partial charge in [-0.3, -0.25) is 4.98 Å². The largest absolute Gasteiger partial charge is 0.455 e. The third kappa shape index (κ3) is 4.05. The summed E-state index contributed by atoms with van der Waals surface area (Å²) in [7, 11) is 0. The zero-order valence-electron chi connectivity index (χ0n) is 22.2. The van der Waals surface area contributed by atoms with Crippen LogP contribution in [0.25, 0.3) is 55.1 Å². The highest BCUT2D eigenvalue weighted by atomic mass is 19.4. The maximum Gasteiger partial charge on any atom is 0.394 e. The fourth-order valence-corrected chi connectivity index (χ4v) is 4.66. The first kappa shape index (κ1) is 21.0. The Kier molecular flexibility index (Phi) is 4.81. The van der Waals surface area contributed by atoms with E-state index in [1.165, 1.54) is 12.1 Å². The fraction of sp³-hybridized carbons (Fsp3) is 0.156. The second kappa shape index (κ2) is 8.48. The smallest absolute Gasteiger partial charge is 0.394 e. The average molecular weight is 498 g/mol. The van der Waals surface area contributed by atoms with Crippen molar-refractivity contribution < 1.29 is 20.3 Å². The third-order valence-electron chi connectivity index (χ3n) is 6.81. The molecule has 0 saturated heterocycles. The highest BCUT2D eigenvalue weighted by Gasteiger charge is 2.46. The van der Waals surface area contributed by atoms with E-state index in [2.05, 4.69) is 23.2 Å². The first-order chi connectivity index (χ1) is 18.5. The molecular weight excluding hydrogens is 471 g/mol. The average Bonchev–Trinajstić information content (AvgIpc) is 3.32. The van der Waals surface area contributed by atoms with Gasteiger partial charge in [0.1, 0.15) is 11.2 Å². The number of aromatic nitrogens is 1. The van der Waals surface area contributed by atoms with E-state index in [1.54, 1.807) is 18.3 Å². The van der Waals surface area contributed by atoms with Gasteiger partial charge in [0.05, 0.1) is 11.1 Å². The molecule has 2 nitrogen and oxygen atoms in total. The Bertz CT molecular complexity index is 1850. The van der Waals surface area contributed by atoms with Gasteiger partial charge in [0.25, 0.3) is 0 Å². The van der Waals surface area contributed by atoms with Gasteiger partial charge in [-0.1, -0.05) is 80.6 Å². The lowest BCUT2D eigenvalue weighted by molar-refractivity contribution is -0.211. The highest BCUT2D eigenvalue weighted by Crippen LogP contribution is 2.41. The van der Waals surface area contributed by atoms with E-state index < -0.39 is 18.0 Å². The number of pyridine rings is 1. The Morgan fingerprint density at radius 3 is 2.27 bits per heavy atom. The molecule has 6 rings (SSSR count). The molecule has 0 N–H and O–H groups in total. The van der Waals surface area contributed by atoms with E-state index in [9.17, 15) is 13.2 Å². The number of alkyl halides is 3. The maximum atomic E-state index is 13.6. The molecule has 37 heavy (non-hydrogen) atoms. The fourth-order valence-electron chi connectivity index (χ4n) is 4.66. The van der Waals surface area contributed by atoms with Gasteiger partial charge < -0.3 is 4.42 Å². The van der Waals surface area contributed by atoms with Crippen molar-refractivity contribution in [2.45, 2.75) is 26.4 Å². The van der Waals surface area contributed by atoms with Crippen LogP contribution in [0.5, 0.6) is 0 Å². The van der Waals surface area contributed by atoms with Gasteiger partial charge >= 0.3 is 6.18 Å². The number of halogens is 3. The molecule has 0 atom stereocenters. The number of rotatable bonds is 4. The summed E-state index contributed by atoms with van der Waals surface area (Å²) >= 11 is 0. The molecule has 2 aromatic heterocycles. The minimum absolute atomic E-state index is 0.0258. The molecule has 0 aliphatic heterocycles. The Morgan fingerprint density at radius 1 is 0.757 bits per heavy atom. The first-order valence-electron chi connectivity index (χ1n) is 13.0. The predicted molar refractivity (Wildman–Crippen MR) is 143 cm³/mol. The topological polar surface area (TPSA) is 26.0 Å². The summed E-state index contributed by atoms with van der Waals surface area (Å²) in [6, 6.07) is 28.0. The maximum absolute atomic E-state index is 13.6. The van der Waals surface area contributed by atoms with Crippen LogP contribution < -0.4 is 0 Å². The third-order valence-corrected chi connectivity index (χ3v) is 6.81. The monoisotopic (exact) mass is 497 g/mol. The summed E-state index contributed by atoms with van der Waals surface area (Å²) in [5.41, 5.74) is 2.04. The lowest BCUT2D eigenvalue weighted by Gasteiger charge is -2.27. The second-order valence-corrected chi connectivity index (χ2v) is 9.70. The van der Waals surface area contributed by atoms with E-state index in [4.69, 9.17) is 7.16 Å². The Labute approximate surface area is 215 Å². The van der Waals surface area contributed by atoms with Gasteiger partial charge in [0.2, 0.25) is 0 Å². The molecule has 0 bridgehead atoms. The van der Waals surface area contributed by atoms with Gasteiger partial charge in [0.15, 0.2) is 0 Å². The predicted octanol–water partition coefficient (Wildman–Crippen LogP) is 9.60. The molecule has 0 radical (unpaired) electrons. The Morgan fingerprint density at radius 2 is 1.49 bits per heavy atom. The summed E-state index contributed by atoms with van der Waals surface area (Å²) in [4.78, 5) is 4.59. The quantitative estimate of drug-likeness (QED) is 0.242. The molecule has 4 aromatic carbocycles. The molecule has 2 heterocycles. The zero-order valence-corrected chi connectivity index (χ0v) is 20.2. The van der Waals surface area contributed by atoms with E-state index in [0.29, 0.717) is 5.69 Å². The van der Waals surface area contributed by atoms with Crippen LogP contribution in [0.2, 0.25) is 0 Å². The van der Waals surface area contributed by atoms with Gasteiger partial charge in [-0.15, -0.1) is 0 Å². The van der Waals surface area contributed by atoms with Crippen LogP contribution in [-0.2, 0) is 6.37 Å². The van der Waals surface area contributed by atoms with Crippen LogP contribution in [-0.4, -0.2) is 11.2 Å². The van der Waals surface area contributed by atoms with Crippen molar-refractivity contribution in [3.05, 3.63) is 103 Å². The van der Waals surface area contributed by atoms with Crippen molar-refractivity contribution in [2.75, 3.05) is 0 Å². The molecule has 6 aromatic rings. The highest BCUT2D eigenvalue weighted by molar-refractivity contribution is 6.17. The normalized spacial score (nSPS) is 13.8. The van der Waals surface area contributed by atoms with Gasteiger partial charge in [-0.05, 0) is 52.7 Å². The number of fused-ring (bicyclic) bond motifs is 5. The SMILES string of the molecule is [2H]C([2H])(c1ccc(-c2ccnc(-c3cccc4c3oc3c5ccccc5ccc43)c2)cc1)C(C)(C)C(F)(F)F. The number of benzene rings is 4. The second-order valence-electron chi connectivity index (χ2n) is 9.70. The molecule has 0 fully saturated rings. The van der Waals surface area contributed by atoms with Crippen LogP contribution in [0.1, 0.15) is 22.2 Å². The number of furan rings is 1. The minimum Gasteiger partial charge on any atom is -0.455 e. The molecular formula is C32H24F3NO. The van der Waals surface area contributed by atoms with Crippen molar-refractivity contribution in [2.24, 2.45) is 5.41 Å². The zero-order chi connectivity index (χ0) is 27.6. The van der Waals surface area contributed by atoms with Crippen LogP contribution >= 0.6 is 0 Å². The number of hydrogen-bond donors (Lipinski definition) is 0. The summed E-state index contributed by atoms with van der Waals surface area (Å²) in [5.74, 6) is 0. The lowest BCUT2D eigenvalue weighted by Crippen LogP contribution is -2.34. The van der Waals surface area contributed by atoms with Gasteiger partial charge in [0, 0.05) is 30.7 Å². The molecule has 0 spiro atoms. The van der Waals surface area contributed by atoms with E-state index in [0.717, 1.165) is 63.2 Å². The van der Waals surface area contributed by atoms with Crippen LogP contribution in [0.15, 0.2) is 102 Å². The van der Waals surface area contributed by atoms with Crippen LogP contribution in [0.3, 0.4) is 0 Å². The van der Waals surface area contributed by atoms with E-state index in [-0.39, 0.29) is 5.56 Å². The number of para-hydroxylation sites is 1. The molecule has 184 valence electrons. The number of nitrogens with zero attached hydrogens (tertiary/aromatic N) is 1. The molecule has 0 saturated carbocycles. The minimum atomic E-state index is -4.70. The van der Waals surface area contributed by atoms with E-state index in [1.807, 2.05) is 48.5 Å². The first-order valence-corrected chi connectivity index (χ1v) is 12.0. The molecule has 0 unspecified atom stereocenters. The summed E-state index contributed by atoms with van der Waals surface area (Å²) in [6.45, 7) is 1.77. The lowest BCUT2D eigenvalue weighted by atomic mass is 9.85. The summed E-state index contributed by atoms with van der Waals surface area (Å²) in [5, 5.41) is 4.14. The standard InChI is InChI=1S/C32H24F3NO/c1-31(2,32(33,34)35)19-20-10-12-21(13-11-20)23-16-17-36-28(18-23)27-9-5-8-25-26-15-14-22-6-3-4-7-24(22)29(26)37-30(25)27/h3-18H,19H2,1-2H3/i19D2. The molecule has 0 amide bonds. The van der Waals surface area contributed by atoms with Crippen molar-refractivity contribution >= 4 is 32.7 Å². The van der Waals surface area contributed by atoms with Gasteiger partial charge in [-0.2, -0.15) is 13.2 Å². The summed E-state index contributed by atoms with van der Waals surface area (Å²) < 4.78 is 63.6.